The quantitative estimate of drug-likeness (QED) is 0.390. The fourth-order valence-electron chi connectivity index (χ4n) is 0.686. The van der Waals surface area contributed by atoms with Crippen molar-refractivity contribution in [3.05, 3.63) is 24.8 Å². The highest BCUT2D eigenvalue weighted by atomic mass is 16.5. The second-order valence-corrected chi connectivity index (χ2v) is 2.72. The lowest BCUT2D eigenvalue weighted by Crippen LogP contribution is -2.26. The van der Waals surface area contributed by atoms with Crippen LogP contribution in [-0.4, -0.2) is 24.6 Å². The molecule has 3 nitrogen and oxygen atoms in total. The molecule has 0 fully saturated rings. The van der Waals surface area contributed by atoms with Gasteiger partial charge in [-0.05, 0) is 24.8 Å². The standard InChI is InChI=1S/C11H15NO2/c1-5-6-8-12(11(13)14-4)9-7-10(2)3/h5H,1-2,6,8H2,3-4H3. The van der Waals surface area contributed by atoms with Crippen molar-refractivity contribution in [1.29, 1.82) is 0 Å². The molecule has 0 aromatic carbocycles. The van der Waals surface area contributed by atoms with Crippen LogP contribution in [0, 0.1) is 12.0 Å². The summed E-state index contributed by atoms with van der Waals surface area (Å²) in [5.74, 6) is 2.72. The lowest BCUT2D eigenvalue weighted by atomic mass is 10.3. The summed E-state index contributed by atoms with van der Waals surface area (Å²) in [5, 5.41) is 0. The molecule has 0 aromatic heterocycles. The number of allylic oxidation sites excluding steroid dienone is 1. The van der Waals surface area contributed by atoms with Gasteiger partial charge in [0, 0.05) is 12.6 Å². The van der Waals surface area contributed by atoms with Gasteiger partial charge in [0.2, 0.25) is 0 Å². The van der Waals surface area contributed by atoms with Gasteiger partial charge in [0.1, 0.15) is 0 Å². The fourth-order valence-corrected chi connectivity index (χ4v) is 0.686. The zero-order valence-corrected chi connectivity index (χ0v) is 8.67. The Morgan fingerprint density at radius 3 is 2.71 bits per heavy atom. The van der Waals surface area contributed by atoms with Crippen molar-refractivity contribution in [2.24, 2.45) is 0 Å². The maximum absolute atomic E-state index is 11.2. The molecule has 0 aliphatic carbocycles. The summed E-state index contributed by atoms with van der Waals surface area (Å²) in [6.45, 7) is 9.44. The summed E-state index contributed by atoms with van der Waals surface area (Å²) < 4.78 is 4.56. The second-order valence-electron chi connectivity index (χ2n) is 2.72. The molecule has 0 N–H and O–H groups in total. The van der Waals surface area contributed by atoms with Crippen LogP contribution in [0.1, 0.15) is 13.3 Å². The monoisotopic (exact) mass is 193 g/mol. The van der Waals surface area contributed by atoms with E-state index in [2.05, 4.69) is 29.9 Å². The molecular formula is C11H15NO2. The van der Waals surface area contributed by atoms with Gasteiger partial charge in [-0.3, -0.25) is 0 Å². The molecule has 0 heterocycles. The molecule has 0 atom stereocenters. The SMILES string of the molecule is C=CCCN(C#CC(=C)C)C(=O)OC. The van der Waals surface area contributed by atoms with Crippen LogP contribution in [0.25, 0.3) is 0 Å². The van der Waals surface area contributed by atoms with Crippen molar-refractivity contribution in [3.63, 3.8) is 0 Å². The van der Waals surface area contributed by atoms with Crippen LogP contribution in [-0.2, 0) is 4.74 Å². The maximum Gasteiger partial charge on any atom is 0.421 e. The molecule has 0 saturated carbocycles. The molecule has 0 aliphatic rings. The maximum atomic E-state index is 11.2. The van der Waals surface area contributed by atoms with Gasteiger partial charge in [-0.1, -0.05) is 12.7 Å². The molecule has 0 aromatic rings. The lowest BCUT2D eigenvalue weighted by Gasteiger charge is -2.12. The fraction of sp³-hybridized carbons (Fsp3) is 0.364. The smallest absolute Gasteiger partial charge is 0.421 e. The molecule has 0 rings (SSSR count). The normalized spacial score (nSPS) is 8.14. The van der Waals surface area contributed by atoms with E-state index < -0.39 is 6.09 Å². The summed E-state index contributed by atoms with van der Waals surface area (Å²) in [7, 11) is 1.33. The number of carbonyl (C=O) groups is 1. The van der Waals surface area contributed by atoms with E-state index in [0.29, 0.717) is 18.5 Å². The highest BCUT2D eigenvalue weighted by Crippen LogP contribution is 1.95. The van der Waals surface area contributed by atoms with Gasteiger partial charge in [-0.15, -0.1) is 6.58 Å². The van der Waals surface area contributed by atoms with Gasteiger partial charge >= 0.3 is 6.09 Å². The topological polar surface area (TPSA) is 29.5 Å². The number of hydrogen-bond acceptors (Lipinski definition) is 2. The Kier molecular flexibility index (Phi) is 5.97. The predicted molar refractivity (Wildman–Crippen MR) is 56.5 cm³/mol. The Balaban J connectivity index is 4.41. The molecule has 0 aliphatic heterocycles. The summed E-state index contributed by atoms with van der Waals surface area (Å²) in [5.41, 5.74) is 0.706. The average Bonchev–Trinajstić information content (AvgIpc) is 2.16. The van der Waals surface area contributed by atoms with E-state index in [4.69, 9.17) is 0 Å². The van der Waals surface area contributed by atoms with Crippen molar-refractivity contribution in [1.82, 2.24) is 4.90 Å². The largest absolute Gasteiger partial charge is 0.452 e. The number of ether oxygens (including phenoxy) is 1. The summed E-state index contributed by atoms with van der Waals surface area (Å²) >= 11 is 0. The van der Waals surface area contributed by atoms with E-state index in [-0.39, 0.29) is 0 Å². The third-order valence-electron chi connectivity index (χ3n) is 1.36. The summed E-state index contributed by atoms with van der Waals surface area (Å²) in [6.07, 6.45) is 1.94. The van der Waals surface area contributed by atoms with Crippen LogP contribution in [0.3, 0.4) is 0 Å². The zero-order chi connectivity index (χ0) is 11.0. The number of nitrogens with zero attached hydrogens (tertiary/aromatic N) is 1. The lowest BCUT2D eigenvalue weighted by molar-refractivity contribution is 0.143. The minimum absolute atomic E-state index is 0.458. The molecule has 1 amide bonds. The van der Waals surface area contributed by atoms with Crippen LogP contribution in [0.5, 0.6) is 0 Å². The average molecular weight is 193 g/mol. The van der Waals surface area contributed by atoms with E-state index in [0.717, 1.165) is 0 Å². The van der Waals surface area contributed by atoms with E-state index >= 15 is 0 Å². The summed E-state index contributed by atoms with van der Waals surface area (Å²) in [4.78, 5) is 12.5. The Labute approximate surface area is 85.0 Å². The number of carbonyl (C=O) groups excluding carboxylic acids is 1. The highest BCUT2D eigenvalue weighted by Gasteiger charge is 2.09. The van der Waals surface area contributed by atoms with Crippen LogP contribution >= 0.6 is 0 Å². The molecule has 0 bridgehead atoms. The Morgan fingerprint density at radius 2 is 2.29 bits per heavy atom. The predicted octanol–water partition coefficient (Wildman–Crippen LogP) is 2.17. The van der Waals surface area contributed by atoms with E-state index in [1.807, 2.05) is 0 Å². The van der Waals surface area contributed by atoms with E-state index in [1.54, 1.807) is 13.0 Å². The molecule has 0 unspecified atom stereocenters. The first-order valence-electron chi connectivity index (χ1n) is 4.25. The molecule has 0 radical (unpaired) electrons. The van der Waals surface area contributed by atoms with Crippen LogP contribution < -0.4 is 0 Å². The van der Waals surface area contributed by atoms with E-state index in [1.165, 1.54) is 12.0 Å². The molecule has 0 spiro atoms. The van der Waals surface area contributed by atoms with Crippen molar-refractivity contribution in [2.75, 3.05) is 13.7 Å². The Bertz CT molecular complexity index is 283. The van der Waals surface area contributed by atoms with Crippen LogP contribution in [0.2, 0.25) is 0 Å². The van der Waals surface area contributed by atoms with E-state index in [9.17, 15) is 4.79 Å². The van der Waals surface area contributed by atoms with Crippen molar-refractivity contribution < 1.29 is 9.53 Å². The highest BCUT2D eigenvalue weighted by molar-refractivity contribution is 5.69. The molecule has 0 saturated heterocycles. The number of hydrogen-bond donors (Lipinski definition) is 0. The molecular weight excluding hydrogens is 178 g/mol. The molecule has 14 heavy (non-hydrogen) atoms. The van der Waals surface area contributed by atoms with Gasteiger partial charge in [-0.25, -0.2) is 9.69 Å². The first-order valence-corrected chi connectivity index (χ1v) is 4.25. The molecule has 76 valence electrons. The third kappa shape index (κ3) is 5.04. The van der Waals surface area contributed by atoms with Gasteiger partial charge < -0.3 is 4.74 Å². The van der Waals surface area contributed by atoms with Gasteiger partial charge in [-0.2, -0.15) is 0 Å². The summed E-state index contributed by atoms with van der Waals surface area (Å²) in [6, 6.07) is 2.67. The first kappa shape index (κ1) is 12.3. The van der Waals surface area contributed by atoms with Crippen molar-refractivity contribution in [3.8, 4) is 12.0 Å². The number of rotatable bonds is 3. The molecule has 3 heteroatoms. The number of amides is 1. The Morgan fingerprint density at radius 1 is 1.64 bits per heavy atom. The zero-order valence-electron chi connectivity index (χ0n) is 8.67. The van der Waals surface area contributed by atoms with Crippen molar-refractivity contribution >= 4 is 6.09 Å². The van der Waals surface area contributed by atoms with Crippen LogP contribution in [0.4, 0.5) is 4.79 Å². The first-order chi connectivity index (χ1) is 6.61. The van der Waals surface area contributed by atoms with Crippen molar-refractivity contribution in [2.45, 2.75) is 13.3 Å². The Hall–Kier alpha value is -1.69. The van der Waals surface area contributed by atoms with Crippen LogP contribution in [0.15, 0.2) is 24.8 Å². The minimum atomic E-state index is -0.458. The number of methoxy groups -OCH3 is 1. The third-order valence-corrected chi connectivity index (χ3v) is 1.36. The second kappa shape index (κ2) is 6.79. The van der Waals surface area contributed by atoms with Gasteiger partial charge in [0.15, 0.2) is 0 Å². The van der Waals surface area contributed by atoms with Gasteiger partial charge in [0.05, 0.1) is 7.11 Å². The van der Waals surface area contributed by atoms with Gasteiger partial charge in [0.25, 0.3) is 0 Å². The minimum Gasteiger partial charge on any atom is -0.452 e.